The third-order valence-corrected chi connectivity index (χ3v) is 4.54. The van der Waals surface area contributed by atoms with Gasteiger partial charge in [0.05, 0.1) is 24.1 Å². The van der Waals surface area contributed by atoms with Crippen LogP contribution in [0.25, 0.3) is 10.6 Å². The van der Waals surface area contributed by atoms with Crippen molar-refractivity contribution in [3.63, 3.8) is 0 Å². The monoisotopic (exact) mass is 338 g/mol. The first-order valence-corrected chi connectivity index (χ1v) is 8.52. The normalized spacial score (nSPS) is 10.4. The summed E-state index contributed by atoms with van der Waals surface area (Å²) in [6, 6.07) is 15.5. The summed E-state index contributed by atoms with van der Waals surface area (Å²) in [4.78, 5) is 17.8. The number of hydrogen-bond donors (Lipinski definition) is 1. The maximum atomic E-state index is 12.3. The lowest BCUT2D eigenvalue weighted by atomic mass is 10.1. The van der Waals surface area contributed by atoms with Gasteiger partial charge in [0.15, 0.2) is 0 Å². The fourth-order valence-electron chi connectivity index (χ4n) is 2.49. The van der Waals surface area contributed by atoms with Crippen LogP contribution in [0.5, 0.6) is 5.75 Å². The third kappa shape index (κ3) is 3.81. The van der Waals surface area contributed by atoms with Gasteiger partial charge in [-0.25, -0.2) is 0 Å². The van der Waals surface area contributed by atoms with Gasteiger partial charge in [-0.3, -0.25) is 9.78 Å². The van der Waals surface area contributed by atoms with E-state index in [1.807, 2.05) is 53.9 Å². The third-order valence-electron chi connectivity index (χ3n) is 3.67. The van der Waals surface area contributed by atoms with Crippen LogP contribution in [-0.2, 0) is 17.8 Å². The summed E-state index contributed by atoms with van der Waals surface area (Å²) in [6.45, 7) is 0.453. The van der Waals surface area contributed by atoms with E-state index in [1.165, 1.54) is 0 Å². The molecule has 0 aliphatic rings. The molecule has 0 unspecified atom stereocenters. The van der Waals surface area contributed by atoms with Crippen LogP contribution in [0.15, 0.2) is 60.1 Å². The number of carbonyl (C=O) groups is 1. The Morgan fingerprint density at radius 3 is 2.75 bits per heavy atom. The molecule has 24 heavy (non-hydrogen) atoms. The number of benzene rings is 1. The van der Waals surface area contributed by atoms with Gasteiger partial charge >= 0.3 is 0 Å². The molecule has 1 amide bonds. The zero-order valence-corrected chi connectivity index (χ0v) is 14.2. The molecule has 1 aromatic carbocycles. The van der Waals surface area contributed by atoms with Gasteiger partial charge in [-0.1, -0.05) is 30.3 Å². The number of ether oxygens (including phenoxy) is 1. The maximum Gasteiger partial charge on any atom is 0.224 e. The predicted octanol–water partition coefficient (Wildman–Crippen LogP) is 3.68. The maximum absolute atomic E-state index is 12.3. The highest BCUT2D eigenvalue weighted by molar-refractivity contribution is 7.13. The van der Waals surface area contributed by atoms with Crippen molar-refractivity contribution < 1.29 is 9.53 Å². The second-order valence-corrected chi connectivity index (χ2v) is 6.20. The van der Waals surface area contributed by atoms with Gasteiger partial charge in [0.1, 0.15) is 5.75 Å². The standard InChI is InChI=1S/C19H18N2O2S/c1-23-16-8-3-2-6-14(16)12-18(22)21-13-15-7-4-10-20-19(15)17-9-5-11-24-17/h2-11H,12-13H2,1H3,(H,21,22). The van der Waals surface area contributed by atoms with Crippen molar-refractivity contribution in [2.45, 2.75) is 13.0 Å². The zero-order valence-electron chi connectivity index (χ0n) is 13.4. The number of aromatic nitrogens is 1. The van der Waals surface area contributed by atoms with Crippen LogP contribution in [0.4, 0.5) is 0 Å². The van der Waals surface area contributed by atoms with E-state index >= 15 is 0 Å². The van der Waals surface area contributed by atoms with Crippen molar-refractivity contribution in [2.24, 2.45) is 0 Å². The minimum absolute atomic E-state index is 0.0412. The molecule has 0 saturated carbocycles. The Kier molecular flexibility index (Phi) is 5.23. The van der Waals surface area contributed by atoms with E-state index in [-0.39, 0.29) is 5.91 Å². The van der Waals surface area contributed by atoms with Crippen LogP contribution >= 0.6 is 11.3 Å². The fourth-order valence-corrected chi connectivity index (χ4v) is 3.25. The Labute approximate surface area is 145 Å². The minimum atomic E-state index is -0.0412. The number of thiophene rings is 1. The number of carbonyl (C=O) groups excluding carboxylic acids is 1. The van der Waals surface area contributed by atoms with Crippen LogP contribution < -0.4 is 10.1 Å². The topological polar surface area (TPSA) is 51.2 Å². The molecule has 4 nitrogen and oxygen atoms in total. The van der Waals surface area contributed by atoms with E-state index in [2.05, 4.69) is 10.3 Å². The van der Waals surface area contributed by atoms with Crippen LogP contribution in [0.2, 0.25) is 0 Å². The molecule has 1 N–H and O–H groups in total. The van der Waals surface area contributed by atoms with E-state index in [0.717, 1.165) is 27.4 Å². The van der Waals surface area contributed by atoms with E-state index in [1.54, 1.807) is 24.6 Å². The molecule has 2 heterocycles. The summed E-state index contributed by atoms with van der Waals surface area (Å²) in [5.41, 5.74) is 2.81. The molecule has 0 spiro atoms. The average Bonchev–Trinajstić information content (AvgIpc) is 3.15. The van der Waals surface area contributed by atoms with Crippen molar-refractivity contribution in [3.8, 4) is 16.3 Å². The average molecular weight is 338 g/mol. The smallest absolute Gasteiger partial charge is 0.224 e. The number of nitrogens with one attached hydrogen (secondary N) is 1. The Hall–Kier alpha value is -2.66. The van der Waals surface area contributed by atoms with Crippen LogP contribution in [-0.4, -0.2) is 18.0 Å². The first kappa shape index (κ1) is 16.2. The summed E-state index contributed by atoms with van der Waals surface area (Å²) in [6.07, 6.45) is 2.06. The zero-order chi connectivity index (χ0) is 16.8. The van der Waals surface area contributed by atoms with Gasteiger partial charge in [0.2, 0.25) is 5.91 Å². The molecule has 0 aliphatic heterocycles. The molecule has 2 aromatic heterocycles. The molecule has 0 aliphatic carbocycles. The number of rotatable bonds is 6. The van der Waals surface area contributed by atoms with Gasteiger partial charge in [-0.2, -0.15) is 0 Å². The predicted molar refractivity (Wildman–Crippen MR) is 96.1 cm³/mol. The van der Waals surface area contributed by atoms with Gasteiger partial charge in [-0.15, -0.1) is 11.3 Å². The summed E-state index contributed by atoms with van der Waals surface area (Å²) < 4.78 is 5.29. The molecule has 0 saturated heterocycles. The molecule has 3 rings (SSSR count). The highest BCUT2D eigenvalue weighted by atomic mass is 32.1. The summed E-state index contributed by atoms with van der Waals surface area (Å²) in [5, 5.41) is 4.99. The number of para-hydroxylation sites is 1. The van der Waals surface area contributed by atoms with E-state index in [9.17, 15) is 4.79 Å². The molecule has 122 valence electrons. The van der Waals surface area contributed by atoms with Gasteiger partial charge in [-0.05, 0) is 29.1 Å². The Balaban J connectivity index is 1.67. The Bertz CT molecular complexity index is 816. The molecule has 5 heteroatoms. The largest absolute Gasteiger partial charge is 0.496 e. The summed E-state index contributed by atoms with van der Waals surface area (Å²) >= 11 is 1.64. The van der Waals surface area contributed by atoms with Crippen LogP contribution in [0.3, 0.4) is 0 Å². The van der Waals surface area contributed by atoms with E-state index in [4.69, 9.17) is 4.74 Å². The molecule has 3 aromatic rings. The highest BCUT2D eigenvalue weighted by Gasteiger charge is 2.11. The molecule has 0 bridgehead atoms. The summed E-state index contributed by atoms with van der Waals surface area (Å²) in [7, 11) is 1.61. The van der Waals surface area contributed by atoms with Crippen LogP contribution in [0.1, 0.15) is 11.1 Å². The molecular formula is C19H18N2O2S. The van der Waals surface area contributed by atoms with E-state index in [0.29, 0.717) is 13.0 Å². The lowest BCUT2D eigenvalue weighted by Crippen LogP contribution is -2.25. The Morgan fingerprint density at radius 1 is 1.12 bits per heavy atom. The summed E-state index contributed by atoms with van der Waals surface area (Å²) in [5.74, 6) is 0.689. The van der Waals surface area contributed by atoms with Crippen LogP contribution in [0, 0.1) is 0 Å². The van der Waals surface area contributed by atoms with Gasteiger partial charge < -0.3 is 10.1 Å². The van der Waals surface area contributed by atoms with E-state index < -0.39 is 0 Å². The van der Waals surface area contributed by atoms with Gasteiger partial charge in [0, 0.05) is 18.3 Å². The number of hydrogen-bond acceptors (Lipinski definition) is 4. The molecule has 0 fully saturated rings. The van der Waals surface area contributed by atoms with Crippen molar-refractivity contribution in [3.05, 3.63) is 71.2 Å². The quantitative estimate of drug-likeness (QED) is 0.746. The van der Waals surface area contributed by atoms with Gasteiger partial charge in [0.25, 0.3) is 0 Å². The molecular weight excluding hydrogens is 320 g/mol. The van der Waals surface area contributed by atoms with Crippen molar-refractivity contribution in [2.75, 3.05) is 7.11 Å². The SMILES string of the molecule is COc1ccccc1CC(=O)NCc1cccnc1-c1cccs1. The van der Waals surface area contributed by atoms with Crippen molar-refractivity contribution in [1.82, 2.24) is 10.3 Å². The Morgan fingerprint density at radius 2 is 1.96 bits per heavy atom. The minimum Gasteiger partial charge on any atom is -0.496 e. The number of pyridine rings is 1. The van der Waals surface area contributed by atoms with Crippen molar-refractivity contribution in [1.29, 1.82) is 0 Å². The lowest BCUT2D eigenvalue weighted by molar-refractivity contribution is -0.120. The number of methoxy groups -OCH3 is 1. The second-order valence-electron chi connectivity index (χ2n) is 5.25. The molecule has 0 atom stereocenters. The number of amides is 1. The molecule has 0 radical (unpaired) electrons. The number of nitrogens with zero attached hydrogens (tertiary/aromatic N) is 1. The highest BCUT2D eigenvalue weighted by Crippen LogP contribution is 2.25. The van der Waals surface area contributed by atoms with Crippen molar-refractivity contribution >= 4 is 17.2 Å². The fraction of sp³-hybridized carbons (Fsp3) is 0.158. The lowest BCUT2D eigenvalue weighted by Gasteiger charge is -2.10. The first-order valence-electron chi connectivity index (χ1n) is 7.64. The first-order chi connectivity index (χ1) is 11.8. The second kappa shape index (κ2) is 7.75.